The number of benzene rings is 2. The third-order valence-electron chi connectivity index (χ3n) is 5.39. The first-order chi connectivity index (χ1) is 12.9. The summed E-state index contributed by atoms with van der Waals surface area (Å²) >= 11 is 0. The van der Waals surface area contributed by atoms with E-state index in [1.54, 1.807) is 7.11 Å². The van der Waals surface area contributed by atoms with Gasteiger partial charge < -0.3 is 9.47 Å². The summed E-state index contributed by atoms with van der Waals surface area (Å²) in [7, 11) is 0.0343. The molecule has 27 heavy (non-hydrogen) atoms. The van der Waals surface area contributed by atoms with E-state index >= 15 is 0 Å². The molecular weight excluding hydrogens is 348 g/mol. The van der Waals surface area contributed by atoms with Crippen LogP contribution in [0.5, 0.6) is 5.75 Å². The van der Waals surface area contributed by atoms with Crippen LogP contribution >= 0.6 is 0 Å². The van der Waals surface area contributed by atoms with Crippen LogP contribution in [0.3, 0.4) is 0 Å². The van der Waals surface area contributed by atoms with Crippen LogP contribution in [0.15, 0.2) is 54.8 Å². The van der Waals surface area contributed by atoms with Gasteiger partial charge in [-0.3, -0.25) is 0 Å². The molecular formula is C24H30O2Si. The van der Waals surface area contributed by atoms with E-state index in [0.29, 0.717) is 12.1 Å². The predicted octanol–water partition coefficient (Wildman–Crippen LogP) is 5.98. The van der Waals surface area contributed by atoms with Crippen LogP contribution in [0.25, 0.3) is 6.08 Å². The fourth-order valence-electron chi connectivity index (χ4n) is 4.39. The first-order valence-corrected chi connectivity index (χ1v) is 12.8. The van der Waals surface area contributed by atoms with Crippen LogP contribution in [-0.2, 0) is 10.8 Å². The molecule has 0 heterocycles. The minimum absolute atomic E-state index is 0.367. The molecule has 0 saturated carbocycles. The van der Waals surface area contributed by atoms with E-state index in [0.717, 1.165) is 17.6 Å². The van der Waals surface area contributed by atoms with E-state index in [2.05, 4.69) is 76.0 Å². The molecule has 1 atom stereocenters. The number of aryl methyl sites for hydroxylation is 2. The molecule has 1 aliphatic rings. The van der Waals surface area contributed by atoms with E-state index < -0.39 is 8.07 Å². The van der Waals surface area contributed by atoms with Crippen molar-refractivity contribution in [3.05, 3.63) is 82.6 Å². The molecule has 0 fully saturated rings. The smallest absolute Gasteiger partial charge is 0.125 e. The Morgan fingerprint density at radius 1 is 1.15 bits per heavy atom. The second-order valence-electron chi connectivity index (χ2n) is 8.15. The van der Waals surface area contributed by atoms with Gasteiger partial charge in [-0.15, -0.1) is 0 Å². The molecule has 1 aliphatic carbocycles. The molecule has 0 N–H and O–H groups in total. The predicted molar refractivity (Wildman–Crippen MR) is 117 cm³/mol. The van der Waals surface area contributed by atoms with Gasteiger partial charge in [0.25, 0.3) is 0 Å². The maximum absolute atomic E-state index is 6.06. The zero-order valence-corrected chi connectivity index (χ0v) is 18.1. The molecule has 0 radical (unpaired) electrons. The van der Waals surface area contributed by atoms with Gasteiger partial charge in [0.2, 0.25) is 0 Å². The monoisotopic (exact) mass is 378 g/mol. The number of fused-ring (bicyclic) bond motifs is 1. The Morgan fingerprint density at radius 3 is 2.59 bits per heavy atom. The summed E-state index contributed by atoms with van der Waals surface area (Å²) < 4.78 is 11.9. The number of hydrogen-bond acceptors (Lipinski definition) is 2. The van der Waals surface area contributed by atoms with Crippen molar-refractivity contribution in [1.82, 2.24) is 0 Å². The lowest BCUT2D eigenvalue weighted by Crippen LogP contribution is -2.39. The molecule has 3 rings (SSSR count). The number of ether oxygens (including phenoxy) is 2. The van der Waals surface area contributed by atoms with Gasteiger partial charge in [-0.05, 0) is 48.2 Å². The maximum atomic E-state index is 6.06. The third-order valence-corrected chi connectivity index (χ3v) is 8.84. The van der Waals surface area contributed by atoms with Gasteiger partial charge in [-0.1, -0.05) is 67.7 Å². The van der Waals surface area contributed by atoms with Gasteiger partial charge >= 0.3 is 0 Å². The van der Waals surface area contributed by atoms with Crippen LogP contribution in [0.2, 0.25) is 13.1 Å². The Kier molecular flexibility index (Phi) is 5.61. The fraction of sp³-hybridized carbons (Fsp3) is 0.333. The average molecular weight is 379 g/mol. The minimum Gasteiger partial charge on any atom is -0.501 e. The minimum atomic E-state index is -1.76. The average Bonchev–Trinajstić information content (AvgIpc) is 3.00. The largest absolute Gasteiger partial charge is 0.501 e. The molecule has 2 aromatic rings. The molecule has 0 amide bonds. The molecule has 0 saturated heterocycles. The van der Waals surface area contributed by atoms with Crippen molar-refractivity contribution >= 4 is 14.1 Å². The van der Waals surface area contributed by atoms with Crippen molar-refractivity contribution in [2.45, 2.75) is 38.5 Å². The lowest BCUT2D eigenvalue weighted by Gasteiger charge is -2.33. The SMILES string of the molecule is C=CCOc1c(C)cc(C)cc1C[Si](C)(C)C1C(OC)=Cc2ccccc21. The van der Waals surface area contributed by atoms with Crippen molar-refractivity contribution in [2.24, 2.45) is 0 Å². The Bertz CT molecular complexity index is 880. The van der Waals surface area contributed by atoms with Gasteiger partial charge in [0.1, 0.15) is 18.1 Å². The van der Waals surface area contributed by atoms with Gasteiger partial charge in [-0.25, -0.2) is 0 Å². The zero-order chi connectivity index (χ0) is 19.6. The maximum Gasteiger partial charge on any atom is 0.125 e. The summed E-state index contributed by atoms with van der Waals surface area (Å²) in [4.78, 5) is 0. The summed E-state index contributed by atoms with van der Waals surface area (Å²) in [5.41, 5.74) is 6.86. The van der Waals surface area contributed by atoms with Crippen molar-refractivity contribution in [2.75, 3.05) is 13.7 Å². The van der Waals surface area contributed by atoms with Crippen LogP contribution in [0, 0.1) is 13.8 Å². The highest BCUT2D eigenvalue weighted by atomic mass is 28.3. The Morgan fingerprint density at radius 2 is 1.89 bits per heavy atom. The highest BCUT2D eigenvalue weighted by Gasteiger charge is 2.41. The first-order valence-electron chi connectivity index (χ1n) is 9.55. The number of hydrogen-bond donors (Lipinski definition) is 0. The second-order valence-corrected chi connectivity index (χ2v) is 13.1. The second kappa shape index (κ2) is 7.77. The lowest BCUT2D eigenvalue weighted by molar-refractivity contribution is 0.284. The number of methoxy groups -OCH3 is 1. The highest BCUT2D eigenvalue weighted by molar-refractivity contribution is 6.79. The Balaban J connectivity index is 2.00. The molecule has 0 aromatic heterocycles. The van der Waals surface area contributed by atoms with Crippen LogP contribution in [-0.4, -0.2) is 21.8 Å². The molecule has 2 aromatic carbocycles. The van der Waals surface area contributed by atoms with Crippen LogP contribution in [0.4, 0.5) is 0 Å². The van der Waals surface area contributed by atoms with E-state index in [9.17, 15) is 0 Å². The Hall–Kier alpha value is -2.26. The lowest BCUT2D eigenvalue weighted by atomic mass is 10.1. The quantitative estimate of drug-likeness (QED) is 0.436. The van der Waals surface area contributed by atoms with Crippen molar-refractivity contribution in [3.63, 3.8) is 0 Å². The topological polar surface area (TPSA) is 18.5 Å². The highest BCUT2D eigenvalue weighted by Crippen LogP contribution is 2.44. The molecule has 0 spiro atoms. The van der Waals surface area contributed by atoms with Gasteiger partial charge in [-0.2, -0.15) is 0 Å². The summed E-state index contributed by atoms with van der Waals surface area (Å²) in [6.45, 7) is 13.5. The van der Waals surface area contributed by atoms with E-state index in [1.807, 2.05) is 6.08 Å². The molecule has 3 heteroatoms. The summed E-state index contributed by atoms with van der Waals surface area (Å²) in [6, 6.07) is 14.2. The normalized spacial score (nSPS) is 15.9. The first kappa shape index (κ1) is 19.5. The fourth-order valence-corrected chi connectivity index (χ4v) is 7.92. The Labute approximate surface area is 164 Å². The van der Waals surface area contributed by atoms with Gasteiger partial charge in [0.15, 0.2) is 0 Å². The standard InChI is InChI=1S/C24H30O2Si/c1-7-12-26-23-18(3)13-17(2)14-20(23)16-27(5,6)24-21-11-9-8-10-19(21)15-22(24)25-4/h7-11,13-15,24H,1,12,16H2,2-6H3. The molecule has 1 unspecified atom stereocenters. The molecule has 142 valence electrons. The molecule has 2 nitrogen and oxygen atoms in total. The summed E-state index contributed by atoms with van der Waals surface area (Å²) in [5, 5.41) is 0. The van der Waals surface area contributed by atoms with Gasteiger partial charge in [0.05, 0.1) is 15.2 Å². The van der Waals surface area contributed by atoms with E-state index in [1.165, 1.54) is 27.8 Å². The van der Waals surface area contributed by atoms with Crippen LogP contribution in [0.1, 0.15) is 33.4 Å². The number of rotatable bonds is 7. The summed E-state index contributed by atoms with van der Waals surface area (Å²) in [6.07, 6.45) is 4.02. The summed E-state index contributed by atoms with van der Waals surface area (Å²) in [5.74, 6) is 2.13. The molecule has 0 aliphatic heterocycles. The van der Waals surface area contributed by atoms with Crippen molar-refractivity contribution in [1.29, 1.82) is 0 Å². The van der Waals surface area contributed by atoms with Crippen molar-refractivity contribution < 1.29 is 9.47 Å². The van der Waals surface area contributed by atoms with Crippen LogP contribution < -0.4 is 4.74 Å². The van der Waals surface area contributed by atoms with Crippen molar-refractivity contribution in [3.8, 4) is 5.75 Å². The van der Waals surface area contributed by atoms with E-state index in [4.69, 9.17) is 9.47 Å². The third kappa shape index (κ3) is 3.88. The zero-order valence-electron chi connectivity index (χ0n) is 17.1. The molecule has 0 bridgehead atoms. The number of allylic oxidation sites excluding steroid dienone is 1. The van der Waals surface area contributed by atoms with E-state index in [-0.39, 0.29) is 0 Å². The van der Waals surface area contributed by atoms with Gasteiger partial charge in [0, 0.05) is 5.54 Å².